The van der Waals surface area contributed by atoms with E-state index in [9.17, 15) is 18.4 Å². The van der Waals surface area contributed by atoms with Gasteiger partial charge in [0.1, 0.15) is 0 Å². The summed E-state index contributed by atoms with van der Waals surface area (Å²) in [6, 6.07) is -1.30. The van der Waals surface area contributed by atoms with Gasteiger partial charge in [0, 0.05) is 13.3 Å². The molecule has 0 bridgehead atoms. The number of nitrogens with one attached hydrogen (secondary N) is 2. The highest BCUT2D eigenvalue weighted by atomic mass is 35.5. The van der Waals surface area contributed by atoms with Gasteiger partial charge in [0.2, 0.25) is 5.91 Å². The average molecular weight is 494 g/mol. The van der Waals surface area contributed by atoms with Gasteiger partial charge >= 0.3 is 0 Å². The van der Waals surface area contributed by atoms with Crippen LogP contribution in [-0.2, 0) is 14.3 Å². The molecule has 1 unspecified atom stereocenters. The van der Waals surface area contributed by atoms with E-state index in [2.05, 4.69) is 22.5 Å². The molecule has 1 saturated heterocycles. The Morgan fingerprint density at radius 2 is 2.16 bits per heavy atom. The molecular weight excluding hydrogens is 464 g/mol. The summed E-state index contributed by atoms with van der Waals surface area (Å²) < 4.78 is 33.2. The third kappa shape index (κ3) is 6.39. The summed E-state index contributed by atoms with van der Waals surface area (Å²) in [5.74, 6) is -0.891. The van der Waals surface area contributed by atoms with Crippen LogP contribution in [0.3, 0.4) is 0 Å². The predicted octanol–water partition coefficient (Wildman–Crippen LogP) is 2.56. The van der Waals surface area contributed by atoms with Gasteiger partial charge in [-0.1, -0.05) is 31.1 Å². The molecule has 8 nitrogen and oxygen atoms in total. The van der Waals surface area contributed by atoms with Crippen molar-refractivity contribution in [1.29, 1.82) is 0 Å². The fraction of sp³-hybridized carbons (Fsp3) is 0.700. The number of ether oxygens (including phenoxy) is 1. The lowest BCUT2D eigenvalue weighted by Crippen LogP contribution is -2.53. The number of nitrogens with two attached hydrogens (primary N) is 1. The Morgan fingerprint density at radius 3 is 2.78 bits per heavy atom. The van der Waals surface area contributed by atoms with E-state index in [4.69, 9.17) is 10.5 Å². The highest BCUT2D eigenvalue weighted by molar-refractivity contribution is 7.15. The van der Waals surface area contributed by atoms with Gasteiger partial charge in [-0.3, -0.25) is 4.79 Å². The molecule has 1 aliphatic heterocycles. The SMILES string of the molecule is COCC(c1cnc(NC(=O)[C@@H](N)C2CCC(C)CC2)s1)N1CC(F)(F)CNC1=C=O.Cl. The van der Waals surface area contributed by atoms with Crippen LogP contribution < -0.4 is 16.4 Å². The fourth-order valence-corrected chi connectivity index (χ4v) is 5.01. The topological polar surface area (TPSA) is 110 Å². The van der Waals surface area contributed by atoms with E-state index in [0.717, 1.165) is 37.0 Å². The van der Waals surface area contributed by atoms with Gasteiger partial charge in [-0.05, 0) is 24.7 Å². The summed E-state index contributed by atoms with van der Waals surface area (Å²) in [5.41, 5.74) is 6.18. The number of rotatable bonds is 7. The molecule has 12 heteroatoms. The number of alkyl halides is 2. The zero-order valence-electron chi connectivity index (χ0n) is 18.1. The molecule has 1 aromatic rings. The van der Waals surface area contributed by atoms with Crippen molar-refractivity contribution >= 4 is 40.7 Å². The van der Waals surface area contributed by atoms with E-state index in [1.54, 1.807) is 5.94 Å². The van der Waals surface area contributed by atoms with Crippen molar-refractivity contribution < 1.29 is 23.1 Å². The molecule has 0 radical (unpaired) electrons. The maximum absolute atomic E-state index is 14.0. The number of carbonyl (C=O) groups excluding carboxylic acids is 2. The predicted molar refractivity (Wildman–Crippen MR) is 121 cm³/mol. The smallest absolute Gasteiger partial charge is 0.282 e. The zero-order chi connectivity index (χ0) is 22.6. The summed E-state index contributed by atoms with van der Waals surface area (Å²) >= 11 is 1.14. The minimum atomic E-state index is -3.02. The first-order chi connectivity index (χ1) is 14.7. The molecule has 32 heavy (non-hydrogen) atoms. The molecule has 0 aromatic carbocycles. The van der Waals surface area contributed by atoms with Crippen LogP contribution in [0.5, 0.6) is 0 Å². The van der Waals surface area contributed by atoms with E-state index in [-0.39, 0.29) is 36.7 Å². The number of thiazole rings is 1. The minimum Gasteiger partial charge on any atom is -0.382 e. The maximum atomic E-state index is 14.0. The number of methoxy groups -OCH3 is 1. The van der Waals surface area contributed by atoms with Crippen LogP contribution in [0.4, 0.5) is 13.9 Å². The van der Waals surface area contributed by atoms with Crippen molar-refractivity contribution in [2.45, 2.75) is 50.6 Å². The molecule has 4 N–H and O–H groups in total. The molecule has 2 aliphatic rings. The molecular formula is C20H30ClF2N5O3S. The number of hydrogen-bond acceptors (Lipinski definition) is 8. The third-order valence-corrected chi connectivity index (χ3v) is 6.97. The second-order valence-electron chi connectivity index (χ2n) is 8.36. The van der Waals surface area contributed by atoms with Gasteiger partial charge in [0.15, 0.2) is 16.9 Å². The van der Waals surface area contributed by atoms with Gasteiger partial charge < -0.3 is 26.0 Å². The first-order valence-electron chi connectivity index (χ1n) is 10.4. The van der Waals surface area contributed by atoms with Crippen molar-refractivity contribution in [3.8, 4) is 0 Å². The van der Waals surface area contributed by atoms with E-state index in [1.165, 1.54) is 18.2 Å². The first kappa shape index (κ1) is 26.5. The molecule has 2 fully saturated rings. The normalized spacial score (nSPS) is 24.5. The first-order valence-corrected chi connectivity index (χ1v) is 11.2. The van der Waals surface area contributed by atoms with Crippen LogP contribution >= 0.6 is 23.7 Å². The Kier molecular flexibility index (Phi) is 9.41. The third-order valence-electron chi connectivity index (χ3n) is 5.95. The molecule has 1 amide bonds. The Bertz CT molecular complexity index is 828. The molecule has 1 aliphatic carbocycles. The molecule has 2 atom stereocenters. The van der Waals surface area contributed by atoms with Gasteiger partial charge in [0.05, 0.1) is 36.7 Å². The summed E-state index contributed by atoms with van der Waals surface area (Å²) in [7, 11) is 1.45. The number of aromatic nitrogens is 1. The summed E-state index contributed by atoms with van der Waals surface area (Å²) in [6.45, 7) is 0.978. The van der Waals surface area contributed by atoms with Crippen LogP contribution in [-0.4, -0.2) is 60.5 Å². The highest BCUT2D eigenvalue weighted by Gasteiger charge is 2.41. The van der Waals surface area contributed by atoms with Crippen molar-refractivity contribution in [2.75, 3.05) is 32.1 Å². The Balaban J connectivity index is 0.00000363. The largest absolute Gasteiger partial charge is 0.382 e. The van der Waals surface area contributed by atoms with Crippen LogP contribution in [0, 0.1) is 11.8 Å². The molecule has 1 aromatic heterocycles. The van der Waals surface area contributed by atoms with Crippen LogP contribution in [0.2, 0.25) is 0 Å². The quantitative estimate of drug-likeness (QED) is 0.501. The lowest BCUT2D eigenvalue weighted by Gasteiger charge is -2.39. The fourth-order valence-electron chi connectivity index (χ4n) is 4.09. The van der Waals surface area contributed by atoms with Crippen molar-refractivity contribution in [3.05, 3.63) is 16.9 Å². The average Bonchev–Trinajstić information content (AvgIpc) is 3.19. The Hall–Kier alpha value is -1.78. The molecule has 1 saturated carbocycles. The van der Waals surface area contributed by atoms with E-state index in [1.807, 2.05) is 0 Å². The lowest BCUT2D eigenvalue weighted by atomic mass is 9.79. The van der Waals surface area contributed by atoms with Gasteiger partial charge in [-0.15, -0.1) is 12.4 Å². The summed E-state index contributed by atoms with van der Waals surface area (Å²) in [5, 5.41) is 5.50. The van der Waals surface area contributed by atoms with Crippen LogP contribution in [0.1, 0.15) is 43.5 Å². The Labute approximate surface area is 196 Å². The molecule has 0 spiro atoms. The van der Waals surface area contributed by atoms with Crippen LogP contribution in [0.15, 0.2) is 12.0 Å². The standard InChI is InChI=1S/C20H29F2N5O3S.ClH/c1-12-3-5-13(6-4-12)17(23)18(29)26-19-24-7-15(31-19)14(9-30-2)27-11-20(21,22)10-25-16(27)8-28;/h7,12-14,17,25H,3-6,9-11,23H2,1-2H3,(H,24,26,29);1H/t12?,13?,14?,17-;/m0./s1. The van der Waals surface area contributed by atoms with Crippen molar-refractivity contribution in [2.24, 2.45) is 17.6 Å². The number of anilines is 1. The van der Waals surface area contributed by atoms with Gasteiger partial charge in [0.25, 0.3) is 5.92 Å². The monoisotopic (exact) mass is 493 g/mol. The van der Waals surface area contributed by atoms with Crippen LogP contribution in [0.25, 0.3) is 0 Å². The molecule has 2 heterocycles. The highest BCUT2D eigenvalue weighted by Crippen LogP contribution is 2.35. The van der Waals surface area contributed by atoms with E-state index >= 15 is 0 Å². The van der Waals surface area contributed by atoms with Crippen molar-refractivity contribution in [3.63, 3.8) is 0 Å². The van der Waals surface area contributed by atoms with Crippen molar-refractivity contribution in [1.82, 2.24) is 15.2 Å². The molecule has 3 rings (SSSR count). The van der Waals surface area contributed by atoms with Gasteiger partial charge in [-0.2, -0.15) is 0 Å². The number of hydrogen-bond donors (Lipinski definition) is 3. The van der Waals surface area contributed by atoms with E-state index in [0.29, 0.717) is 15.9 Å². The molecule has 180 valence electrons. The maximum Gasteiger partial charge on any atom is 0.282 e. The number of halogens is 3. The number of nitrogens with zero attached hydrogens (tertiary/aromatic N) is 2. The number of carbonyl (C=O) groups is 1. The summed E-state index contributed by atoms with van der Waals surface area (Å²) in [4.78, 5) is 29.9. The second kappa shape index (κ2) is 11.4. The number of amides is 1. The summed E-state index contributed by atoms with van der Waals surface area (Å²) in [6.07, 6.45) is 5.46. The minimum absolute atomic E-state index is 0. The zero-order valence-corrected chi connectivity index (χ0v) is 19.7. The lowest BCUT2D eigenvalue weighted by molar-refractivity contribution is -0.118. The van der Waals surface area contributed by atoms with E-state index < -0.39 is 31.1 Å². The Morgan fingerprint density at radius 1 is 1.47 bits per heavy atom. The second-order valence-corrected chi connectivity index (χ2v) is 9.42. The van der Waals surface area contributed by atoms with Gasteiger partial charge in [-0.25, -0.2) is 18.6 Å².